The van der Waals surface area contributed by atoms with Gasteiger partial charge in [-0.25, -0.2) is 9.18 Å². The average Bonchev–Trinajstić information content (AvgIpc) is 3.23. The molecule has 2 aromatic carbocycles. The number of methoxy groups -OCH3 is 2. The monoisotopic (exact) mass is 429 g/mol. The highest BCUT2D eigenvalue weighted by atomic mass is 19.1. The van der Waals surface area contributed by atoms with Crippen molar-refractivity contribution in [3.05, 3.63) is 59.4 Å². The summed E-state index contributed by atoms with van der Waals surface area (Å²) in [7, 11) is 3.12. The molecule has 0 unspecified atom stereocenters. The fraction of sp³-hybridized carbons (Fsp3) is 0.391. The summed E-state index contributed by atoms with van der Waals surface area (Å²) in [5, 5.41) is 5.72. The first-order chi connectivity index (χ1) is 15.0. The van der Waals surface area contributed by atoms with Crippen LogP contribution in [0.15, 0.2) is 42.5 Å². The maximum Gasteiger partial charge on any atom is 0.317 e. The molecule has 3 rings (SSSR count). The Bertz CT molecular complexity index is 920. The number of hydrogen-bond acceptors (Lipinski definition) is 4. The van der Waals surface area contributed by atoms with E-state index in [-0.39, 0.29) is 36.8 Å². The van der Waals surface area contributed by atoms with Gasteiger partial charge in [-0.3, -0.25) is 4.79 Å². The number of likely N-dealkylation sites (tertiary alicyclic amines) is 1. The number of hydrogen-bond donors (Lipinski definition) is 2. The first-order valence-electron chi connectivity index (χ1n) is 10.2. The molecule has 3 amide bonds. The Kier molecular flexibility index (Phi) is 7.33. The van der Waals surface area contributed by atoms with Crippen LogP contribution in [0.3, 0.4) is 0 Å². The van der Waals surface area contributed by atoms with E-state index in [0.29, 0.717) is 24.6 Å². The van der Waals surface area contributed by atoms with Gasteiger partial charge in [0.05, 0.1) is 20.1 Å². The van der Waals surface area contributed by atoms with Crippen molar-refractivity contribution in [3.8, 4) is 11.5 Å². The third kappa shape index (κ3) is 5.07. The van der Waals surface area contributed by atoms with Crippen molar-refractivity contribution >= 4 is 11.9 Å². The van der Waals surface area contributed by atoms with E-state index in [1.807, 2.05) is 19.1 Å². The molecule has 1 heterocycles. The van der Waals surface area contributed by atoms with Gasteiger partial charge in [-0.05, 0) is 30.7 Å². The second-order valence-electron chi connectivity index (χ2n) is 7.38. The average molecular weight is 429 g/mol. The van der Waals surface area contributed by atoms with Gasteiger partial charge in [-0.1, -0.05) is 24.3 Å². The van der Waals surface area contributed by atoms with Crippen molar-refractivity contribution in [3.63, 3.8) is 0 Å². The number of carbonyl (C=O) groups is 2. The standard InChI is InChI=1S/C23H28FN3O4/c1-4-25-23(29)27-13-18(17-6-5-7-20(30-2)21(17)31-3)19(14-27)22(28)26-12-15-8-10-16(24)11-9-15/h5-11,18-19H,4,12-14H2,1-3H3,(H,25,29)(H,26,28)/t18-,19-/m0/s1. The molecule has 31 heavy (non-hydrogen) atoms. The molecule has 7 nitrogen and oxygen atoms in total. The maximum absolute atomic E-state index is 13.1. The van der Waals surface area contributed by atoms with Gasteiger partial charge in [0.1, 0.15) is 5.82 Å². The van der Waals surface area contributed by atoms with E-state index in [9.17, 15) is 14.0 Å². The topological polar surface area (TPSA) is 79.9 Å². The van der Waals surface area contributed by atoms with Gasteiger partial charge in [0.15, 0.2) is 11.5 Å². The lowest BCUT2D eigenvalue weighted by Crippen LogP contribution is -2.39. The summed E-state index contributed by atoms with van der Waals surface area (Å²) in [6, 6.07) is 11.3. The van der Waals surface area contributed by atoms with Gasteiger partial charge in [0.25, 0.3) is 0 Å². The lowest BCUT2D eigenvalue weighted by Gasteiger charge is -2.21. The third-order valence-electron chi connectivity index (χ3n) is 5.48. The highest BCUT2D eigenvalue weighted by Gasteiger charge is 2.41. The summed E-state index contributed by atoms with van der Waals surface area (Å²) < 4.78 is 24.1. The Hall–Kier alpha value is -3.29. The van der Waals surface area contributed by atoms with E-state index in [4.69, 9.17) is 9.47 Å². The SMILES string of the molecule is CCNC(=O)N1C[C@H](C(=O)NCc2ccc(F)cc2)[C@H](c2cccc(OC)c2OC)C1. The Morgan fingerprint density at radius 3 is 2.45 bits per heavy atom. The number of carbonyl (C=O) groups excluding carboxylic acids is 2. The van der Waals surface area contributed by atoms with Gasteiger partial charge in [-0.15, -0.1) is 0 Å². The van der Waals surface area contributed by atoms with Crippen LogP contribution in [-0.2, 0) is 11.3 Å². The summed E-state index contributed by atoms with van der Waals surface area (Å²) in [5.74, 6) is -0.101. The molecule has 0 aliphatic carbocycles. The van der Waals surface area contributed by atoms with Crippen LogP contribution in [0.5, 0.6) is 11.5 Å². The van der Waals surface area contributed by atoms with E-state index in [0.717, 1.165) is 11.1 Å². The lowest BCUT2D eigenvalue weighted by molar-refractivity contribution is -0.125. The minimum absolute atomic E-state index is 0.175. The fourth-order valence-electron chi connectivity index (χ4n) is 3.94. The van der Waals surface area contributed by atoms with Crippen LogP contribution < -0.4 is 20.1 Å². The third-order valence-corrected chi connectivity index (χ3v) is 5.48. The number of ether oxygens (including phenoxy) is 2. The summed E-state index contributed by atoms with van der Waals surface area (Å²) in [6.45, 7) is 3.29. The van der Waals surface area contributed by atoms with E-state index < -0.39 is 5.92 Å². The highest BCUT2D eigenvalue weighted by molar-refractivity contribution is 5.83. The smallest absolute Gasteiger partial charge is 0.317 e. The van der Waals surface area contributed by atoms with Crippen LogP contribution in [0, 0.1) is 11.7 Å². The van der Waals surface area contributed by atoms with Crippen molar-refractivity contribution in [1.82, 2.24) is 15.5 Å². The maximum atomic E-state index is 13.1. The molecule has 0 spiro atoms. The highest BCUT2D eigenvalue weighted by Crippen LogP contribution is 2.41. The number of nitrogens with zero attached hydrogens (tertiary/aromatic N) is 1. The van der Waals surface area contributed by atoms with Crippen LogP contribution in [0.2, 0.25) is 0 Å². The summed E-state index contributed by atoms with van der Waals surface area (Å²) in [6.07, 6.45) is 0. The number of nitrogens with one attached hydrogen (secondary N) is 2. The largest absolute Gasteiger partial charge is 0.493 e. The predicted molar refractivity (Wildman–Crippen MR) is 115 cm³/mol. The van der Waals surface area contributed by atoms with E-state index in [2.05, 4.69) is 10.6 Å². The molecule has 2 N–H and O–H groups in total. The zero-order valence-electron chi connectivity index (χ0n) is 18.0. The first kappa shape index (κ1) is 22.4. The molecule has 1 aliphatic heterocycles. The molecule has 2 atom stereocenters. The number of para-hydroxylation sites is 1. The molecule has 166 valence electrons. The van der Waals surface area contributed by atoms with E-state index in [1.54, 1.807) is 37.3 Å². The molecule has 1 aliphatic rings. The summed E-state index contributed by atoms with van der Waals surface area (Å²) >= 11 is 0. The second-order valence-corrected chi connectivity index (χ2v) is 7.38. The van der Waals surface area contributed by atoms with Crippen LogP contribution in [0.4, 0.5) is 9.18 Å². The van der Waals surface area contributed by atoms with Crippen molar-refractivity contribution in [2.45, 2.75) is 19.4 Å². The second kappa shape index (κ2) is 10.1. The molecule has 0 aromatic heterocycles. The predicted octanol–water partition coefficient (Wildman–Crippen LogP) is 2.90. The van der Waals surface area contributed by atoms with Crippen molar-refractivity contribution in [2.75, 3.05) is 33.9 Å². The van der Waals surface area contributed by atoms with E-state index in [1.165, 1.54) is 12.1 Å². The molecule has 0 saturated carbocycles. The Morgan fingerprint density at radius 1 is 1.06 bits per heavy atom. The van der Waals surface area contributed by atoms with Gasteiger partial charge >= 0.3 is 6.03 Å². The van der Waals surface area contributed by atoms with Crippen molar-refractivity contribution in [2.24, 2.45) is 5.92 Å². The van der Waals surface area contributed by atoms with Crippen LogP contribution in [0.1, 0.15) is 24.0 Å². The molecule has 0 bridgehead atoms. The Balaban J connectivity index is 1.85. The number of halogens is 1. The van der Waals surface area contributed by atoms with E-state index >= 15 is 0 Å². The number of amides is 3. The van der Waals surface area contributed by atoms with Crippen molar-refractivity contribution in [1.29, 1.82) is 0 Å². The Morgan fingerprint density at radius 2 is 1.81 bits per heavy atom. The molecule has 8 heteroatoms. The molecule has 2 aromatic rings. The van der Waals surface area contributed by atoms with Crippen molar-refractivity contribution < 1.29 is 23.5 Å². The fourth-order valence-corrected chi connectivity index (χ4v) is 3.94. The molecular weight excluding hydrogens is 401 g/mol. The van der Waals surface area contributed by atoms with Gasteiger partial charge in [0.2, 0.25) is 5.91 Å². The molecule has 1 fully saturated rings. The minimum atomic E-state index is -0.468. The molecule has 1 saturated heterocycles. The molecular formula is C23H28FN3O4. The number of rotatable bonds is 7. The summed E-state index contributed by atoms with van der Waals surface area (Å²) in [4.78, 5) is 27.3. The quantitative estimate of drug-likeness (QED) is 0.709. The van der Waals surface area contributed by atoms with Crippen LogP contribution >= 0.6 is 0 Å². The Labute approximate surface area is 181 Å². The number of benzene rings is 2. The first-order valence-corrected chi connectivity index (χ1v) is 10.2. The van der Waals surface area contributed by atoms with Gasteiger partial charge < -0.3 is 25.0 Å². The zero-order chi connectivity index (χ0) is 22.4. The lowest BCUT2D eigenvalue weighted by atomic mass is 9.87. The molecule has 0 radical (unpaired) electrons. The van der Waals surface area contributed by atoms with Gasteiger partial charge in [0, 0.05) is 37.7 Å². The normalized spacial score (nSPS) is 17.9. The zero-order valence-corrected chi connectivity index (χ0v) is 18.0. The number of urea groups is 1. The van der Waals surface area contributed by atoms with Gasteiger partial charge in [-0.2, -0.15) is 0 Å². The summed E-state index contributed by atoms with van der Waals surface area (Å²) in [5.41, 5.74) is 1.61. The minimum Gasteiger partial charge on any atom is -0.493 e. The van der Waals surface area contributed by atoms with Crippen LogP contribution in [-0.4, -0.2) is 50.7 Å². The van der Waals surface area contributed by atoms with Crippen LogP contribution in [0.25, 0.3) is 0 Å².